The normalized spacial score (nSPS) is 11.7. The number of hydrogen-bond acceptors (Lipinski definition) is 4. The van der Waals surface area contributed by atoms with Gasteiger partial charge >= 0.3 is 0 Å². The van der Waals surface area contributed by atoms with Gasteiger partial charge in [-0.1, -0.05) is 6.07 Å². The quantitative estimate of drug-likeness (QED) is 0.699. The van der Waals surface area contributed by atoms with E-state index in [1.165, 1.54) is 0 Å². The molecule has 0 aliphatic heterocycles. The number of anilines is 2. The molecule has 0 aliphatic carbocycles. The first kappa shape index (κ1) is 13.3. The summed E-state index contributed by atoms with van der Waals surface area (Å²) >= 11 is 0. The molecule has 1 aromatic rings. The predicted octanol–water partition coefficient (Wildman–Crippen LogP) is 1.45. The third-order valence-corrected chi connectivity index (χ3v) is 2.22. The van der Waals surface area contributed by atoms with E-state index in [4.69, 9.17) is 0 Å². The van der Waals surface area contributed by atoms with Gasteiger partial charge in [0.25, 0.3) is 0 Å². The highest BCUT2D eigenvalue weighted by Crippen LogP contribution is 2.09. The first-order valence-electron chi connectivity index (χ1n) is 5.92. The number of aromatic nitrogens is 1. The molecule has 1 aromatic heterocycles. The summed E-state index contributed by atoms with van der Waals surface area (Å²) in [4.78, 5) is 15.9. The van der Waals surface area contributed by atoms with Crippen molar-refractivity contribution in [2.24, 2.45) is 0 Å². The zero-order chi connectivity index (χ0) is 12.7. The average Bonchev–Trinajstić information content (AvgIpc) is 2.30. The largest absolute Gasteiger partial charge is 0.370 e. The van der Waals surface area contributed by atoms with Gasteiger partial charge in [-0.05, 0) is 32.9 Å². The third kappa shape index (κ3) is 4.30. The fourth-order valence-corrected chi connectivity index (χ4v) is 1.41. The summed E-state index contributed by atoms with van der Waals surface area (Å²) in [6.07, 6.45) is 0. The number of pyridine rings is 1. The zero-order valence-corrected chi connectivity index (χ0v) is 10.6. The number of carbonyl (C=O) groups is 1. The van der Waals surface area contributed by atoms with Crippen molar-refractivity contribution in [1.29, 1.82) is 0 Å². The van der Waals surface area contributed by atoms with Gasteiger partial charge in [0.1, 0.15) is 17.7 Å². The van der Waals surface area contributed by atoms with Crippen molar-refractivity contribution in [3.05, 3.63) is 18.2 Å². The molecule has 1 amide bonds. The lowest BCUT2D eigenvalue weighted by molar-refractivity contribution is -0.121. The average molecular weight is 236 g/mol. The summed E-state index contributed by atoms with van der Waals surface area (Å²) in [6, 6.07) is 5.35. The molecule has 1 atom stereocenters. The molecule has 0 spiro atoms. The fourth-order valence-electron chi connectivity index (χ4n) is 1.41. The smallest absolute Gasteiger partial charge is 0.242 e. The van der Waals surface area contributed by atoms with Crippen LogP contribution in [0.2, 0.25) is 0 Å². The van der Waals surface area contributed by atoms with Gasteiger partial charge in [0, 0.05) is 13.1 Å². The maximum absolute atomic E-state index is 11.5. The van der Waals surface area contributed by atoms with E-state index < -0.39 is 0 Å². The highest BCUT2D eigenvalue weighted by atomic mass is 16.2. The van der Waals surface area contributed by atoms with Crippen molar-refractivity contribution in [2.75, 3.05) is 23.7 Å². The van der Waals surface area contributed by atoms with Crippen LogP contribution in [0.15, 0.2) is 18.2 Å². The van der Waals surface area contributed by atoms with Crippen LogP contribution in [0.1, 0.15) is 20.8 Å². The first-order chi connectivity index (χ1) is 8.17. The molecule has 17 heavy (non-hydrogen) atoms. The Morgan fingerprint density at radius 3 is 2.65 bits per heavy atom. The molecular formula is C12H20N4O. The Kier molecular flexibility index (Phi) is 5.26. The Morgan fingerprint density at radius 1 is 1.29 bits per heavy atom. The second-order valence-corrected chi connectivity index (χ2v) is 3.70. The SMILES string of the molecule is CCNC(=O)C(C)Nc1cccc(NCC)n1. The van der Waals surface area contributed by atoms with Crippen molar-refractivity contribution in [1.82, 2.24) is 10.3 Å². The maximum Gasteiger partial charge on any atom is 0.242 e. The van der Waals surface area contributed by atoms with E-state index in [2.05, 4.69) is 20.9 Å². The standard InChI is InChI=1S/C12H20N4O/c1-4-13-10-7-6-8-11(16-10)15-9(3)12(17)14-5-2/h6-9H,4-5H2,1-3H3,(H,14,17)(H2,13,15,16). The van der Waals surface area contributed by atoms with Crippen LogP contribution in [0.25, 0.3) is 0 Å². The minimum Gasteiger partial charge on any atom is -0.370 e. The minimum atomic E-state index is -0.292. The summed E-state index contributed by atoms with van der Waals surface area (Å²) in [5.41, 5.74) is 0. The van der Waals surface area contributed by atoms with E-state index in [0.717, 1.165) is 12.4 Å². The second-order valence-electron chi connectivity index (χ2n) is 3.70. The summed E-state index contributed by atoms with van der Waals surface area (Å²) < 4.78 is 0. The van der Waals surface area contributed by atoms with Crippen LogP contribution in [-0.4, -0.2) is 30.0 Å². The van der Waals surface area contributed by atoms with E-state index in [9.17, 15) is 4.79 Å². The molecule has 1 heterocycles. The van der Waals surface area contributed by atoms with Crippen molar-refractivity contribution < 1.29 is 4.79 Å². The van der Waals surface area contributed by atoms with Crippen molar-refractivity contribution in [3.8, 4) is 0 Å². The summed E-state index contributed by atoms with van der Waals surface area (Å²) in [5, 5.41) is 8.95. The van der Waals surface area contributed by atoms with E-state index in [0.29, 0.717) is 12.4 Å². The molecule has 5 heteroatoms. The summed E-state index contributed by atoms with van der Waals surface area (Å²) in [7, 11) is 0. The van der Waals surface area contributed by atoms with Gasteiger partial charge in [-0.2, -0.15) is 0 Å². The molecule has 0 saturated carbocycles. The van der Waals surface area contributed by atoms with Gasteiger partial charge in [0.05, 0.1) is 0 Å². The number of rotatable bonds is 6. The molecule has 0 fully saturated rings. The third-order valence-electron chi connectivity index (χ3n) is 2.22. The number of amides is 1. The second kappa shape index (κ2) is 6.73. The van der Waals surface area contributed by atoms with Gasteiger partial charge < -0.3 is 16.0 Å². The Hall–Kier alpha value is -1.78. The van der Waals surface area contributed by atoms with E-state index in [1.54, 1.807) is 0 Å². The maximum atomic E-state index is 11.5. The Morgan fingerprint density at radius 2 is 2.00 bits per heavy atom. The number of nitrogens with one attached hydrogen (secondary N) is 3. The first-order valence-corrected chi connectivity index (χ1v) is 5.92. The monoisotopic (exact) mass is 236 g/mol. The topological polar surface area (TPSA) is 66.1 Å². The van der Waals surface area contributed by atoms with Gasteiger partial charge in [-0.25, -0.2) is 4.98 Å². The zero-order valence-electron chi connectivity index (χ0n) is 10.6. The van der Waals surface area contributed by atoms with Crippen LogP contribution in [0.3, 0.4) is 0 Å². The number of carbonyl (C=O) groups excluding carboxylic acids is 1. The van der Waals surface area contributed by atoms with Gasteiger partial charge in [0.15, 0.2) is 0 Å². The molecule has 94 valence electrons. The molecule has 0 aliphatic rings. The molecule has 5 nitrogen and oxygen atoms in total. The van der Waals surface area contributed by atoms with Crippen LogP contribution < -0.4 is 16.0 Å². The Bertz CT molecular complexity index is 367. The van der Waals surface area contributed by atoms with E-state index >= 15 is 0 Å². The lowest BCUT2D eigenvalue weighted by Gasteiger charge is -2.14. The predicted molar refractivity (Wildman–Crippen MR) is 70.2 cm³/mol. The summed E-state index contributed by atoms with van der Waals surface area (Å²) in [6.45, 7) is 7.18. The fraction of sp³-hybridized carbons (Fsp3) is 0.500. The van der Waals surface area contributed by atoms with Crippen molar-refractivity contribution in [3.63, 3.8) is 0 Å². The number of hydrogen-bond donors (Lipinski definition) is 3. The molecule has 1 unspecified atom stereocenters. The molecular weight excluding hydrogens is 216 g/mol. The Balaban J connectivity index is 2.61. The van der Waals surface area contributed by atoms with Crippen LogP contribution in [0.4, 0.5) is 11.6 Å². The van der Waals surface area contributed by atoms with E-state index in [-0.39, 0.29) is 11.9 Å². The molecule has 3 N–H and O–H groups in total. The highest BCUT2D eigenvalue weighted by molar-refractivity contribution is 5.83. The Labute approximate surface area is 102 Å². The van der Waals surface area contributed by atoms with Crippen molar-refractivity contribution in [2.45, 2.75) is 26.8 Å². The van der Waals surface area contributed by atoms with E-state index in [1.807, 2.05) is 39.0 Å². The number of likely N-dealkylation sites (N-methyl/N-ethyl adjacent to an activating group) is 1. The lowest BCUT2D eigenvalue weighted by Crippen LogP contribution is -2.37. The molecule has 0 radical (unpaired) electrons. The lowest BCUT2D eigenvalue weighted by atomic mass is 10.3. The van der Waals surface area contributed by atoms with Crippen LogP contribution in [-0.2, 0) is 4.79 Å². The minimum absolute atomic E-state index is 0.0249. The summed E-state index contributed by atoms with van der Waals surface area (Å²) in [5.74, 6) is 1.48. The van der Waals surface area contributed by atoms with Gasteiger partial charge in [-0.15, -0.1) is 0 Å². The van der Waals surface area contributed by atoms with Crippen LogP contribution in [0.5, 0.6) is 0 Å². The van der Waals surface area contributed by atoms with Gasteiger partial charge in [-0.3, -0.25) is 4.79 Å². The van der Waals surface area contributed by atoms with Crippen LogP contribution >= 0.6 is 0 Å². The molecule has 1 rings (SSSR count). The molecule has 0 bridgehead atoms. The number of nitrogens with zero attached hydrogens (tertiary/aromatic N) is 1. The van der Waals surface area contributed by atoms with Gasteiger partial charge in [0.2, 0.25) is 5.91 Å². The molecule has 0 saturated heterocycles. The molecule has 0 aromatic carbocycles. The van der Waals surface area contributed by atoms with Crippen LogP contribution in [0, 0.1) is 0 Å². The highest BCUT2D eigenvalue weighted by Gasteiger charge is 2.11. The van der Waals surface area contributed by atoms with Crippen molar-refractivity contribution >= 4 is 17.5 Å².